The molecule has 17 nitrogen and oxygen atoms in total. The molecule has 4 unspecified atom stereocenters. The Kier molecular flexibility index (Phi) is 65.0. The Morgan fingerprint density at radius 3 is 0.740 bits per heavy atom. The molecule has 0 saturated heterocycles. The van der Waals surface area contributed by atoms with Crippen LogP contribution < -0.4 is 0 Å². The molecular weight excluding hydrogens is 1260 g/mol. The normalized spacial score (nSPS) is 14.7. The van der Waals surface area contributed by atoms with Crippen molar-refractivity contribution in [2.45, 2.75) is 408 Å². The van der Waals surface area contributed by atoms with Gasteiger partial charge in [0, 0.05) is 25.7 Å². The number of rotatable bonds is 74. The van der Waals surface area contributed by atoms with Crippen molar-refractivity contribution < 1.29 is 80.2 Å². The largest absolute Gasteiger partial charge is 0.472 e. The SMILES string of the molecule is CCC(C)CCCCCCCCCCCCC(=O)OC[C@H](COP(=O)(O)OC[C@@H](O)COP(=O)(O)OC[C@@H](COC(=O)CCCCCCCCCCCCC(C)C)OC(=O)CCCCCCCCCCCCC(C)CC)OC(=O)CCCCCCCCCCCCCCC(C)C. The van der Waals surface area contributed by atoms with Crippen LogP contribution >= 0.6 is 15.6 Å². The van der Waals surface area contributed by atoms with Crippen LogP contribution in [0.15, 0.2) is 0 Å². The van der Waals surface area contributed by atoms with E-state index in [0.717, 1.165) is 114 Å². The monoisotopic (exact) mass is 1410 g/mol. The molecule has 0 fully saturated rings. The maximum absolute atomic E-state index is 13.1. The number of carbonyl (C=O) groups excluding carboxylic acids is 4. The molecule has 0 aliphatic rings. The number of hydrogen-bond donors (Lipinski definition) is 3. The predicted molar refractivity (Wildman–Crippen MR) is 391 cm³/mol. The van der Waals surface area contributed by atoms with Gasteiger partial charge in [0.2, 0.25) is 0 Å². The minimum absolute atomic E-state index is 0.106. The molecule has 0 aromatic carbocycles. The van der Waals surface area contributed by atoms with Crippen molar-refractivity contribution >= 4 is 39.5 Å². The van der Waals surface area contributed by atoms with E-state index in [-0.39, 0.29) is 25.7 Å². The van der Waals surface area contributed by atoms with E-state index in [1.807, 2.05) is 0 Å². The number of carbonyl (C=O) groups is 4. The third kappa shape index (κ3) is 67.9. The Bertz CT molecular complexity index is 1890. The summed E-state index contributed by atoms with van der Waals surface area (Å²) in [5.74, 6) is 1.03. The number of unbranched alkanes of at least 4 members (excludes halogenated alkanes) is 38. The van der Waals surface area contributed by atoms with Crippen LogP contribution in [0.5, 0.6) is 0 Å². The maximum Gasteiger partial charge on any atom is 0.472 e. The first-order chi connectivity index (χ1) is 46.2. The van der Waals surface area contributed by atoms with Gasteiger partial charge in [-0.05, 0) is 49.4 Å². The van der Waals surface area contributed by atoms with Crippen molar-refractivity contribution in [2.75, 3.05) is 39.6 Å². The quantitative estimate of drug-likeness (QED) is 0.0222. The van der Waals surface area contributed by atoms with E-state index in [1.54, 1.807) is 0 Å². The molecule has 7 atom stereocenters. The lowest BCUT2D eigenvalue weighted by Crippen LogP contribution is -2.30. The average molecular weight is 1410 g/mol. The van der Waals surface area contributed by atoms with Gasteiger partial charge < -0.3 is 33.8 Å². The van der Waals surface area contributed by atoms with E-state index in [0.29, 0.717) is 25.7 Å². The first-order valence-corrected chi connectivity index (χ1v) is 42.8. The zero-order valence-corrected chi connectivity index (χ0v) is 64.8. The summed E-state index contributed by atoms with van der Waals surface area (Å²) in [6.07, 6.45) is 51.1. The number of phosphoric ester groups is 2. The van der Waals surface area contributed by atoms with Crippen molar-refractivity contribution in [3.63, 3.8) is 0 Å². The van der Waals surface area contributed by atoms with Gasteiger partial charge in [-0.1, -0.05) is 338 Å². The smallest absolute Gasteiger partial charge is 0.462 e. The molecule has 0 amide bonds. The van der Waals surface area contributed by atoms with E-state index in [2.05, 4.69) is 55.4 Å². The second kappa shape index (κ2) is 66.3. The zero-order chi connectivity index (χ0) is 71.0. The molecular formula is C77H150O17P2. The molecule has 0 rings (SSSR count). The van der Waals surface area contributed by atoms with E-state index in [4.69, 9.17) is 37.0 Å². The fourth-order valence-electron chi connectivity index (χ4n) is 11.7. The fourth-order valence-corrected chi connectivity index (χ4v) is 13.2. The van der Waals surface area contributed by atoms with Gasteiger partial charge in [0.15, 0.2) is 12.2 Å². The van der Waals surface area contributed by atoms with Crippen molar-refractivity contribution in [2.24, 2.45) is 23.7 Å². The van der Waals surface area contributed by atoms with Crippen LogP contribution in [0.2, 0.25) is 0 Å². The summed E-state index contributed by atoms with van der Waals surface area (Å²) < 4.78 is 68.6. The highest BCUT2D eigenvalue weighted by molar-refractivity contribution is 7.47. The second-order valence-corrected chi connectivity index (χ2v) is 32.1. The lowest BCUT2D eigenvalue weighted by Gasteiger charge is -2.21. The number of aliphatic hydroxyl groups excluding tert-OH is 1. The van der Waals surface area contributed by atoms with Gasteiger partial charge in [0.05, 0.1) is 26.4 Å². The van der Waals surface area contributed by atoms with Gasteiger partial charge in [0.25, 0.3) is 0 Å². The topological polar surface area (TPSA) is 237 Å². The molecule has 0 aromatic rings. The van der Waals surface area contributed by atoms with E-state index >= 15 is 0 Å². The molecule has 0 aromatic heterocycles. The highest BCUT2D eigenvalue weighted by atomic mass is 31.2. The summed E-state index contributed by atoms with van der Waals surface area (Å²) in [5.41, 5.74) is 0. The van der Waals surface area contributed by atoms with Crippen molar-refractivity contribution in [1.29, 1.82) is 0 Å². The molecule has 0 saturated carbocycles. The summed E-state index contributed by atoms with van der Waals surface area (Å²) in [4.78, 5) is 72.9. The Balaban J connectivity index is 5.29. The lowest BCUT2D eigenvalue weighted by atomic mass is 9.99. The molecule has 96 heavy (non-hydrogen) atoms. The third-order valence-electron chi connectivity index (χ3n) is 18.5. The van der Waals surface area contributed by atoms with Crippen LogP contribution in [0.3, 0.4) is 0 Å². The Labute approximate surface area is 588 Å². The van der Waals surface area contributed by atoms with Crippen molar-refractivity contribution in [3.8, 4) is 0 Å². The van der Waals surface area contributed by atoms with Crippen LogP contribution in [0, 0.1) is 23.7 Å². The highest BCUT2D eigenvalue weighted by Crippen LogP contribution is 2.45. The number of aliphatic hydroxyl groups is 1. The summed E-state index contributed by atoms with van der Waals surface area (Å²) in [7, 11) is -9.92. The number of phosphoric acid groups is 2. The molecule has 0 radical (unpaired) electrons. The van der Waals surface area contributed by atoms with Gasteiger partial charge >= 0.3 is 39.5 Å². The van der Waals surface area contributed by atoms with E-state index in [1.165, 1.54) is 193 Å². The van der Waals surface area contributed by atoms with E-state index < -0.39 is 97.5 Å². The molecule has 3 N–H and O–H groups in total. The van der Waals surface area contributed by atoms with Crippen molar-refractivity contribution in [1.82, 2.24) is 0 Å². The minimum atomic E-state index is -4.96. The first kappa shape index (κ1) is 94.1. The van der Waals surface area contributed by atoms with Gasteiger partial charge in [-0.2, -0.15) is 0 Å². The van der Waals surface area contributed by atoms with E-state index in [9.17, 15) is 43.2 Å². The molecule has 0 aliphatic heterocycles. The highest BCUT2D eigenvalue weighted by Gasteiger charge is 2.30. The van der Waals surface area contributed by atoms with Crippen LogP contribution in [-0.2, 0) is 65.4 Å². The lowest BCUT2D eigenvalue weighted by molar-refractivity contribution is -0.161. The van der Waals surface area contributed by atoms with Gasteiger partial charge in [-0.15, -0.1) is 0 Å². The summed E-state index contributed by atoms with van der Waals surface area (Å²) >= 11 is 0. The predicted octanol–water partition coefficient (Wildman–Crippen LogP) is 22.4. The number of esters is 4. The molecule has 19 heteroatoms. The molecule has 0 spiro atoms. The minimum Gasteiger partial charge on any atom is -0.462 e. The van der Waals surface area contributed by atoms with Crippen LogP contribution in [0.25, 0.3) is 0 Å². The Morgan fingerprint density at radius 2 is 0.500 bits per heavy atom. The molecule has 0 heterocycles. The average Bonchev–Trinajstić information content (AvgIpc) is 2.96. The maximum atomic E-state index is 13.1. The molecule has 570 valence electrons. The molecule has 0 bridgehead atoms. The number of ether oxygens (including phenoxy) is 4. The van der Waals surface area contributed by atoms with Crippen molar-refractivity contribution in [3.05, 3.63) is 0 Å². The third-order valence-corrected chi connectivity index (χ3v) is 20.4. The fraction of sp³-hybridized carbons (Fsp3) is 0.948. The number of hydrogen-bond acceptors (Lipinski definition) is 15. The first-order valence-electron chi connectivity index (χ1n) is 39.8. The second-order valence-electron chi connectivity index (χ2n) is 29.2. The van der Waals surface area contributed by atoms with Gasteiger partial charge in [-0.25, -0.2) is 9.13 Å². The summed E-state index contributed by atoms with van der Waals surface area (Å²) in [5, 5.41) is 10.6. The molecule has 0 aliphatic carbocycles. The van der Waals surface area contributed by atoms with Gasteiger partial charge in [0.1, 0.15) is 19.3 Å². The Hall–Kier alpha value is -1.94. The Morgan fingerprint density at radius 1 is 0.292 bits per heavy atom. The summed E-state index contributed by atoms with van der Waals surface area (Å²) in [6, 6.07) is 0. The van der Waals surface area contributed by atoms with Crippen LogP contribution in [-0.4, -0.2) is 96.7 Å². The van der Waals surface area contributed by atoms with Gasteiger partial charge in [-0.3, -0.25) is 37.3 Å². The summed E-state index contributed by atoms with van der Waals surface area (Å²) in [6.45, 7) is 14.3. The standard InChI is InChI=1S/C77H150O17P2/c1-9-69(7)55-47-39-31-23-16-19-26-34-42-50-58-75(80)88-63-72(93-76(81)59-51-43-35-27-14-12-11-13-21-29-37-45-53-67(3)4)65-91-95(83,84)89-61-71(78)62-90-96(85,86)92-66-73(64-87-74(79)57-49-41-33-25-18-15-22-30-38-46-54-68(5)6)94-77(82)60-52-44-36-28-20-17-24-32-40-48-56-70(8)10-2/h67-73,78H,9-66H2,1-8H3,(H,83,84)(H,85,86)/t69?,70?,71-,72-,73-/m1/s1. The van der Waals surface area contributed by atoms with Crippen LogP contribution in [0.4, 0.5) is 0 Å². The zero-order valence-electron chi connectivity index (χ0n) is 63.0. The van der Waals surface area contributed by atoms with Crippen LogP contribution in [0.1, 0.15) is 389 Å².